The van der Waals surface area contributed by atoms with Gasteiger partial charge in [0, 0.05) is 13.6 Å². The molecule has 5 nitrogen and oxygen atoms in total. The number of hydrogen-bond donors (Lipinski definition) is 1. The lowest BCUT2D eigenvalue weighted by Gasteiger charge is -2.19. The van der Waals surface area contributed by atoms with Crippen molar-refractivity contribution in [2.24, 2.45) is 0 Å². The molecule has 0 saturated heterocycles. The molecule has 0 aromatic carbocycles. The third-order valence-electron chi connectivity index (χ3n) is 2.17. The molecular weight excluding hydrogens is 238 g/mol. The summed E-state index contributed by atoms with van der Waals surface area (Å²) in [7, 11) is 1.99. The Morgan fingerprint density at radius 2 is 2.18 bits per heavy atom. The van der Waals surface area contributed by atoms with Crippen molar-refractivity contribution in [2.75, 3.05) is 37.4 Å². The van der Waals surface area contributed by atoms with Gasteiger partial charge in [0.05, 0.1) is 19.3 Å². The Morgan fingerprint density at radius 3 is 2.76 bits per heavy atom. The van der Waals surface area contributed by atoms with Gasteiger partial charge in [-0.05, 0) is 32.3 Å². The maximum absolute atomic E-state index is 5.76. The molecule has 0 bridgehead atoms. The molecule has 0 amide bonds. The third-order valence-corrected chi connectivity index (χ3v) is 3.13. The van der Waals surface area contributed by atoms with Gasteiger partial charge < -0.3 is 20.1 Å². The maximum atomic E-state index is 5.76. The van der Waals surface area contributed by atoms with Crippen molar-refractivity contribution in [2.45, 2.75) is 26.9 Å². The molecule has 1 rings (SSSR count). The van der Waals surface area contributed by atoms with Gasteiger partial charge in [-0.2, -0.15) is 4.37 Å². The molecule has 0 spiro atoms. The fourth-order valence-corrected chi connectivity index (χ4v) is 2.08. The lowest BCUT2D eigenvalue weighted by atomic mass is 10.4. The van der Waals surface area contributed by atoms with Crippen LogP contribution in [-0.4, -0.2) is 37.3 Å². The summed E-state index contributed by atoms with van der Waals surface area (Å²) in [6.07, 6.45) is 0.251. The quantitative estimate of drug-likeness (QED) is 0.811. The predicted molar refractivity (Wildman–Crippen MR) is 72.1 cm³/mol. The topological polar surface area (TPSA) is 60.6 Å². The van der Waals surface area contributed by atoms with Crippen LogP contribution < -0.4 is 15.4 Å². The Labute approximate surface area is 107 Å². The minimum Gasteiger partial charge on any atom is -0.487 e. The van der Waals surface area contributed by atoms with Gasteiger partial charge in [0.15, 0.2) is 16.6 Å². The van der Waals surface area contributed by atoms with Crippen LogP contribution in [0.15, 0.2) is 0 Å². The number of nitrogens with zero attached hydrogens (tertiary/aromatic N) is 2. The summed E-state index contributed by atoms with van der Waals surface area (Å²) in [6.45, 7) is 8.04. The van der Waals surface area contributed by atoms with Crippen LogP contribution in [-0.2, 0) is 4.74 Å². The van der Waals surface area contributed by atoms with E-state index in [2.05, 4.69) is 9.27 Å². The van der Waals surface area contributed by atoms with Gasteiger partial charge in [0.2, 0.25) is 0 Å². The normalized spacial score (nSPS) is 10.9. The van der Waals surface area contributed by atoms with Crippen LogP contribution in [0.1, 0.15) is 20.8 Å². The zero-order valence-electron chi connectivity index (χ0n) is 10.9. The molecule has 2 N–H and O–H groups in total. The molecule has 6 heteroatoms. The van der Waals surface area contributed by atoms with E-state index in [0.29, 0.717) is 24.8 Å². The molecule has 0 aliphatic carbocycles. The van der Waals surface area contributed by atoms with Crippen LogP contribution >= 0.6 is 11.5 Å². The van der Waals surface area contributed by atoms with E-state index in [-0.39, 0.29) is 6.10 Å². The first-order valence-electron chi connectivity index (χ1n) is 5.77. The summed E-state index contributed by atoms with van der Waals surface area (Å²) in [5.41, 5.74) is 5.76. The highest BCUT2D eigenvalue weighted by molar-refractivity contribution is 7.11. The van der Waals surface area contributed by atoms with Crippen molar-refractivity contribution in [1.29, 1.82) is 0 Å². The minimum atomic E-state index is 0.251. The molecule has 98 valence electrons. The average molecular weight is 259 g/mol. The molecule has 0 radical (unpaired) electrons. The van der Waals surface area contributed by atoms with Gasteiger partial charge in [-0.15, -0.1) is 0 Å². The summed E-state index contributed by atoms with van der Waals surface area (Å²) < 4.78 is 15.1. The fourth-order valence-electron chi connectivity index (χ4n) is 1.33. The number of aromatic nitrogens is 1. The lowest BCUT2D eigenvalue weighted by Crippen LogP contribution is -2.23. The SMILES string of the molecule is CCOc1c(N)nsc1N(C)CCOC(C)C. The summed E-state index contributed by atoms with van der Waals surface area (Å²) >= 11 is 1.35. The van der Waals surface area contributed by atoms with Crippen molar-refractivity contribution in [3.8, 4) is 5.75 Å². The molecule has 0 saturated carbocycles. The molecular formula is C11H21N3O2S. The van der Waals surface area contributed by atoms with Gasteiger partial charge in [0.1, 0.15) is 0 Å². The van der Waals surface area contributed by atoms with Crippen LogP contribution in [0.4, 0.5) is 10.8 Å². The van der Waals surface area contributed by atoms with Crippen molar-refractivity contribution >= 4 is 22.4 Å². The highest BCUT2D eigenvalue weighted by atomic mass is 32.1. The number of anilines is 2. The Bertz CT molecular complexity index is 341. The van der Waals surface area contributed by atoms with E-state index in [0.717, 1.165) is 11.5 Å². The van der Waals surface area contributed by atoms with Crippen LogP contribution in [0, 0.1) is 0 Å². The third kappa shape index (κ3) is 4.05. The minimum absolute atomic E-state index is 0.251. The molecule has 0 unspecified atom stereocenters. The van der Waals surface area contributed by atoms with E-state index in [4.69, 9.17) is 15.2 Å². The molecule has 1 aromatic rings. The van der Waals surface area contributed by atoms with Crippen LogP contribution in [0.25, 0.3) is 0 Å². The van der Waals surface area contributed by atoms with E-state index in [1.807, 2.05) is 27.8 Å². The van der Waals surface area contributed by atoms with Crippen molar-refractivity contribution in [3.63, 3.8) is 0 Å². The first-order valence-corrected chi connectivity index (χ1v) is 6.54. The Kier molecular flexibility index (Phi) is 5.50. The zero-order valence-corrected chi connectivity index (χ0v) is 11.7. The molecule has 17 heavy (non-hydrogen) atoms. The predicted octanol–water partition coefficient (Wildman–Crippen LogP) is 1.99. The number of hydrogen-bond acceptors (Lipinski definition) is 6. The van der Waals surface area contributed by atoms with Gasteiger partial charge in [-0.25, -0.2) is 0 Å². The van der Waals surface area contributed by atoms with Crippen LogP contribution in [0.2, 0.25) is 0 Å². The second-order valence-corrected chi connectivity index (χ2v) is 4.73. The van der Waals surface area contributed by atoms with Crippen molar-refractivity contribution in [3.05, 3.63) is 0 Å². The Hall–Kier alpha value is -1.01. The van der Waals surface area contributed by atoms with Gasteiger partial charge in [0.25, 0.3) is 0 Å². The Morgan fingerprint density at radius 1 is 1.47 bits per heavy atom. The monoisotopic (exact) mass is 259 g/mol. The molecule has 0 aliphatic heterocycles. The number of ether oxygens (including phenoxy) is 2. The summed E-state index contributed by atoms with van der Waals surface area (Å²) in [5, 5.41) is 0.955. The average Bonchev–Trinajstić information content (AvgIpc) is 2.61. The molecule has 0 fully saturated rings. The Balaban J connectivity index is 2.58. The maximum Gasteiger partial charge on any atom is 0.197 e. The van der Waals surface area contributed by atoms with E-state index in [1.54, 1.807) is 0 Å². The van der Waals surface area contributed by atoms with Crippen LogP contribution in [0.3, 0.4) is 0 Å². The molecule has 0 aliphatic rings. The zero-order chi connectivity index (χ0) is 12.8. The number of nitrogens with two attached hydrogens (primary N) is 1. The number of likely N-dealkylation sites (N-methyl/N-ethyl adjacent to an activating group) is 1. The molecule has 1 heterocycles. The van der Waals surface area contributed by atoms with Crippen LogP contribution in [0.5, 0.6) is 5.75 Å². The fraction of sp³-hybridized carbons (Fsp3) is 0.727. The van der Waals surface area contributed by atoms with Crippen molar-refractivity contribution < 1.29 is 9.47 Å². The molecule has 0 atom stereocenters. The standard InChI is InChI=1S/C11H21N3O2S/c1-5-15-9-10(12)13-17-11(9)14(4)6-7-16-8(2)3/h8H,5-7H2,1-4H3,(H2,12,13). The van der Waals surface area contributed by atoms with Gasteiger partial charge >= 0.3 is 0 Å². The second-order valence-electron chi connectivity index (χ2n) is 3.98. The summed E-state index contributed by atoms with van der Waals surface area (Å²) in [5.74, 6) is 1.15. The van der Waals surface area contributed by atoms with Gasteiger partial charge in [-0.3, -0.25) is 0 Å². The van der Waals surface area contributed by atoms with E-state index < -0.39 is 0 Å². The van der Waals surface area contributed by atoms with Crippen molar-refractivity contribution in [1.82, 2.24) is 4.37 Å². The van der Waals surface area contributed by atoms with E-state index >= 15 is 0 Å². The summed E-state index contributed by atoms with van der Waals surface area (Å²) in [6, 6.07) is 0. The first kappa shape index (κ1) is 14.1. The molecule has 1 aromatic heterocycles. The first-order chi connectivity index (χ1) is 8.06. The smallest absolute Gasteiger partial charge is 0.197 e. The summed E-state index contributed by atoms with van der Waals surface area (Å²) in [4.78, 5) is 2.06. The second kappa shape index (κ2) is 6.66. The highest BCUT2D eigenvalue weighted by Gasteiger charge is 2.16. The van der Waals surface area contributed by atoms with E-state index in [1.165, 1.54) is 11.5 Å². The lowest BCUT2D eigenvalue weighted by molar-refractivity contribution is 0.0846. The van der Waals surface area contributed by atoms with Gasteiger partial charge in [-0.1, -0.05) is 0 Å². The number of nitrogen functional groups attached to an aromatic ring is 1. The highest BCUT2D eigenvalue weighted by Crippen LogP contribution is 2.37. The number of rotatable bonds is 7. The largest absolute Gasteiger partial charge is 0.487 e. The van der Waals surface area contributed by atoms with E-state index in [9.17, 15) is 0 Å².